The summed E-state index contributed by atoms with van der Waals surface area (Å²) in [5.74, 6) is 2.39. The lowest BCUT2D eigenvalue weighted by Crippen LogP contribution is -2.24. The van der Waals surface area contributed by atoms with Crippen molar-refractivity contribution in [2.45, 2.75) is 31.7 Å². The van der Waals surface area contributed by atoms with Crippen LogP contribution in [-0.2, 0) is 13.6 Å². The summed E-state index contributed by atoms with van der Waals surface area (Å²) in [6.07, 6.45) is 5.11. The fourth-order valence-corrected chi connectivity index (χ4v) is 2.21. The molecule has 0 unspecified atom stereocenters. The predicted octanol–water partition coefficient (Wildman–Crippen LogP) is 1.61. The molecule has 0 radical (unpaired) electrons. The molecule has 1 amide bonds. The van der Waals surface area contributed by atoms with Crippen molar-refractivity contribution in [3.8, 4) is 0 Å². The van der Waals surface area contributed by atoms with Gasteiger partial charge in [-0.15, -0.1) is 10.2 Å². The zero-order chi connectivity index (χ0) is 13.2. The summed E-state index contributed by atoms with van der Waals surface area (Å²) >= 11 is 0. The monoisotopic (exact) mass is 260 g/mol. The van der Waals surface area contributed by atoms with Gasteiger partial charge in [-0.25, -0.2) is 0 Å². The Morgan fingerprint density at radius 3 is 3.00 bits per heavy atom. The Morgan fingerprint density at radius 2 is 2.37 bits per heavy atom. The van der Waals surface area contributed by atoms with Crippen LogP contribution in [0.15, 0.2) is 22.8 Å². The van der Waals surface area contributed by atoms with E-state index in [0.717, 1.165) is 11.6 Å². The number of nitrogens with zero attached hydrogens (tertiary/aromatic N) is 3. The van der Waals surface area contributed by atoms with Crippen LogP contribution in [-0.4, -0.2) is 20.7 Å². The quantitative estimate of drug-likeness (QED) is 0.906. The van der Waals surface area contributed by atoms with Gasteiger partial charge in [-0.2, -0.15) is 0 Å². The number of rotatable bonds is 4. The Morgan fingerprint density at radius 1 is 1.53 bits per heavy atom. The van der Waals surface area contributed by atoms with E-state index in [1.807, 2.05) is 11.6 Å². The fourth-order valence-electron chi connectivity index (χ4n) is 2.21. The molecule has 1 saturated carbocycles. The lowest BCUT2D eigenvalue weighted by Gasteiger charge is -2.24. The second-order valence-electron chi connectivity index (χ2n) is 4.82. The van der Waals surface area contributed by atoms with Gasteiger partial charge in [-0.05, 0) is 25.0 Å². The smallest absolute Gasteiger partial charge is 0.287 e. The van der Waals surface area contributed by atoms with Crippen LogP contribution in [0.25, 0.3) is 0 Å². The van der Waals surface area contributed by atoms with Gasteiger partial charge in [-0.1, -0.05) is 6.42 Å². The van der Waals surface area contributed by atoms with Crippen LogP contribution in [0.4, 0.5) is 0 Å². The Labute approximate surface area is 110 Å². The van der Waals surface area contributed by atoms with Crippen molar-refractivity contribution < 1.29 is 9.21 Å². The highest BCUT2D eigenvalue weighted by Gasteiger charge is 2.25. The minimum Gasteiger partial charge on any atom is -0.459 e. The second kappa shape index (κ2) is 4.87. The molecule has 19 heavy (non-hydrogen) atoms. The van der Waals surface area contributed by atoms with E-state index < -0.39 is 0 Å². The van der Waals surface area contributed by atoms with Gasteiger partial charge >= 0.3 is 0 Å². The van der Waals surface area contributed by atoms with E-state index in [2.05, 4.69) is 15.5 Å². The molecule has 0 atom stereocenters. The van der Waals surface area contributed by atoms with Crippen molar-refractivity contribution in [3.05, 3.63) is 35.8 Å². The Balaban J connectivity index is 1.64. The molecule has 6 nitrogen and oxygen atoms in total. The fraction of sp³-hybridized carbons (Fsp3) is 0.462. The van der Waals surface area contributed by atoms with E-state index in [9.17, 15) is 4.79 Å². The third kappa shape index (κ3) is 2.25. The molecular formula is C13H16N4O2. The van der Waals surface area contributed by atoms with Crippen LogP contribution in [0.3, 0.4) is 0 Å². The number of carbonyl (C=O) groups is 1. The van der Waals surface area contributed by atoms with Crippen molar-refractivity contribution in [3.63, 3.8) is 0 Å². The highest BCUT2D eigenvalue weighted by molar-refractivity contribution is 5.91. The maximum absolute atomic E-state index is 11.7. The third-order valence-electron chi connectivity index (χ3n) is 3.62. The molecule has 0 bridgehead atoms. The minimum atomic E-state index is -0.238. The lowest BCUT2D eigenvalue weighted by molar-refractivity contribution is 0.0922. The first-order valence-electron chi connectivity index (χ1n) is 6.45. The number of hydrogen-bond donors (Lipinski definition) is 1. The summed E-state index contributed by atoms with van der Waals surface area (Å²) in [4.78, 5) is 11.7. The van der Waals surface area contributed by atoms with Crippen molar-refractivity contribution in [2.24, 2.45) is 7.05 Å². The summed E-state index contributed by atoms with van der Waals surface area (Å²) < 4.78 is 7.01. The van der Waals surface area contributed by atoms with E-state index in [1.54, 1.807) is 12.1 Å². The zero-order valence-corrected chi connectivity index (χ0v) is 10.8. The molecule has 0 spiro atoms. The molecule has 0 aliphatic heterocycles. The molecule has 3 rings (SSSR count). The molecule has 6 heteroatoms. The standard InChI is InChI=1S/C13H16N4O2/c1-17-11(15-16-12(17)9-4-2-5-9)8-14-13(18)10-6-3-7-19-10/h3,6-7,9H,2,4-5,8H2,1H3,(H,14,18). The average molecular weight is 260 g/mol. The van der Waals surface area contributed by atoms with Crippen LogP contribution in [0, 0.1) is 0 Å². The van der Waals surface area contributed by atoms with Crippen LogP contribution in [0.5, 0.6) is 0 Å². The van der Waals surface area contributed by atoms with Gasteiger partial charge in [0.1, 0.15) is 5.82 Å². The van der Waals surface area contributed by atoms with Gasteiger partial charge in [0, 0.05) is 13.0 Å². The molecule has 2 heterocycles. The van der Waals surface area contributed by atoms with E-state index >= 15 is 0 Å². The second-order valence-corrected chi connectivity index (χ2v) is 4.82. The lowest BCUT2D eigenvalue weighted by atomic mass is 9.85. The number of carbonyl (C=O) groups excluding carboxylic acids is 1. The largest absolute Gasteiger partial charge is 0.459 e. The Kier molecular flexibility index (Phi) is 3.06. The summed E-state index contributed by atoms with van der Waals surface area (Å²) in [7, 11) is 1.95. The number of amides is 1. The van der Waals surface area contributed by atoms with E-state index in [0.29, 0.717) is 18.2 Å². The van der Waals surface area contributed by atoms with E-state index in [4.69, 9.17) is 4.42 Å². The van der Waals surface area contributed by atoms with Crippen molar-refractivity contribution in [2.75, 3.05) is 0 Å². The zero-order valence-electron chi connectivity index (χ0n) is 10.8. The van der Waals surface area contributed by atoms with Crippen LogP contribution < -0.4 is 5.32 Å². The molecule has 1 aliphatic carbocycles. The topological polar surface area (TPSA) is 73.0 Å². The van der Waals surface area contributed by atoms with Crippen molar-refractivity contribution in [1.29, 1.82) is 0 Å². The first-order valence-corrected chi connectivity index (χ1v) is 6.45. The molecule has 2 aromatic heterocycles. The molecular weight excluding hydrogens is 244 g/mol. The number of nitrogens with one attached hydrogen (secondary N) is 1. The van der Waals surface area contributed by atoms with Gasteiger partial charge in [0.15, 0.2) is 11.6 Å². The summed E-state index contributed by atoms with van der Waals surface area (Å²) in [6, 6.07) is 3.32. The first-order chi connectivity index (χ1) is 9.25. The normalized spacial score (nSPS) is 15.2. The first kappa shape index (κ1) is 12.0. The SMILES string of the molecule is Cn1c(CNC(=O)c2ccco2)nnc1C1CCC1. The van der Waals surface area contributed by atoms with Crippen molar-refractivity contribution in [1.82, 2.24) is 20.1 Å². The van der Waals surface area contributed by atoms with Crippen LogP contribution in [0.2, 0.25) is 0 Å². The van der Waals surface area contributed by atoms with Crippen molar-refractivity contribution >= 4 is 5.91 Å². The Hall–Kier alpha value is -2.11. The molecule has 1 N–H and O–H groups in total. The number of furan rings is 1. The van der Waals surface area contributed by atoms with Gasteiger partial charge < -0.3 is 14.3 Å². The average Bonchev–Trinajstić information content (AvgIpc) is 2.97. The van der Waals surface area contributed by atoms with Crippen LogP contribution in [0.1, 0.15) is 47.4 Å². The molecule has 1 fully saturated rings. The van der Waals surface area contributed by atoms with Gasteiger partial charge in [0.25, 0.3) is 5.91 Å². The molecule has 100 valence electrons. The summed E-state index contributed by atoms with van der Waals surface area (Å²) in [6.45, 7) is 0.357. The molecule has 2 aromatic rings. The summed E-state index contributed by atoms with van der Waals surface area (Å²) in [5.41, 5.74) is 0. The molecule has 1 aliphatic rings. The van der Waals surface area contributed by atoms with Gasteiger partial charge in [0.05, 0.1) is 12.8 Å². The third-order valence-corrected chi connectivity index (χ3v) is 3.62. The highest BCUT2D eigenvalue weighted by atomic mass is 16.3. The Bertz CT molecular complexity index is 569. The minimum absolute atomic E-state index is 0.238. The molecule has 0 aromatic carbocycles. The van der Waals surface area contributed by atoms with E-state index in [-0.39, 0.29) is 5.91 Å². The van der Waals surface area contributed by atoms with Gasteiger partial charge in [-0.3, -0.25) is 4.79 Å². The maximum atomic E-state index is 11.7. The maximum Gasteiger partial charge on any atom is 0.287 e. The van der Waals surface area contributed by atoms with E-state index in [1.165, 1.54) is 25.5 Å². The number of hydrogen-bond acceptors (Lipinski definition) is 4. The van der Waals surface area contributed by atoms with Gasteiger partial charge in [0.2, 0.25) is 0 Å². The number of aromatic nitrogens is 3. The highest BCUT2D eigenvalue weighted by Crippen LogP contribution is 2.34. The predicted molar refractivity (Wildman–Crippen MR) is 67.5 cm³/mol. The van der Waals surface area contributed by atoms with Crippen LogP contribution >= 0.6 is 0 Å². The summed E-state index contributed by atoms with van der Waals surface area (Å²) in [5, 5.41) is 11.1. The molecule has 0 saturated heterocycles.